The van der Waals surface area contributed by atoms with Crippen molar-refractivity contribution in [1.82, 2.24) is 14.9 Å². The summed E-state index contributed by atoms with van der Waals surface area (Å²) in [5.74, 6) is 0.164. The molecule has 2 aromatic rings. The predicted molar refractivity (Wildman–Crippen MR) is 106 cm³/mol. The summed E-state index contributed by atoms with van der Waals surface area (Å²) in [5, 5.41) is 0. The van der Waals surface area contributed by atoms with Gasteiger partial charge in [-0.1, -0.05) is 12.1 Å². The van der Waals surface area contributed by atoms with E-state index in [4.69, 9.17) is 9.47 Å². The van der Waals surface area contributed by atoms with Gasteiger partial charge in [0.15, 0.2) is 5.79 Å². The highest BCUT2D eigenvalue weighted by Crippen LogP contribution is 2.32. The average Bonchev–Trinajstić information content (AvgIpc) is 3.17. The standard InChI is InChI=1S/C21H26N4O3/c1-3-25(17-6-4-5-16(2)13-17)19-14-18(22-15-23-19)20(26)24-9-7-21(8-10-24)27-11-12-28-21/h4-6,13-15H,3,7-12H2,1-2H3. The largest absolute Gasteiger partial charge is 0.347 e. The Morgan fingerprint density at radius 2 is 1.93 bits per heavy atom. The second-order valence-electron chi connectivity index (χ2n) is 7.24. The Kier molecular flexibility index (Phi) is 5.28. The van der Waals surface area contributed by atoms with Gasteiger partial charge in [0.05, 0.1) is 13.2 Å². The molecule has 3 heterocycles. The van der Waals surface area contributed by atoms with E-state index in [0.717, 1.165) is 18.1 Å². The number of ether oxygens (including phenoxy) is 2. The van der Waals surface area contributed by atoms with Gasteiger partial charge in [0.1, 0.15) is 17.8 Å². The Labute approximate surface area is 165 Å². The van der Waals surface area contributed by atoms with Crippen LogP contribution in [-0.2, 0) is 9.47 Å². The fourth-order valence-electron chi connectivity index (χ4n) is 3.88. The van der Waals surface area contributed by atoms with Crippen LogP contribution in [0.2, 0.25) is 0 Å². The van der Waals surface area contributed by atoms with Gasteiger partial charge in [-0.3, -0.25) is 4.79 Å². The van der Waals surface area contributed by atoms with Gasteiger partial charge in [-0.15, -0.1) is 0 Å². The van der Waals surface area contributed by atoms with Crippen LogP contribution in [0.5, 0.6) is 0 Å². The van der Waals surface area contributed by atoms with E-state index in [0.29, 0.717) is 44.8 Å². The minimum Gasteiger partial charge on any atom is -0.347 e. The number of nitrogens with zero attached hydrogens (tertiary/aromatic N) is 4. The molecule has 2 aliphatic rings. The van der Waals surface area contributed by atoms with E-state index in [1.165, 1.54) is 11.9 Å². The van der Waals surface area contributed by atoms with Crippen LogP contribution in [0.3, 0.4) is 0 Å². The molecule has 0 radical (unpaired) electrons. The second-order valence-corrected chi connectivity index (χ2v) is 7.24. The summed E-state index contributed by atoms with van der Waals surface area (Å²) in [6, 6.07) is 10.0. The van der Waals surface area contributed by atoms with E-state index in [2.05, 4.69) is 40.8 Å². The van der Waals surface area contributed by atoms with E-state index < -0.39 is 5.79 Å². The van der Waals surface area contributed by atoms with Crippen molar-refractivity contribution in [2.75, 3.05) is 37.7 Å². The molecule has 0 N–H and O–H groups in total. The quantitative estimate of drug-likeness (QED) is 0.810. The topological polar surface area (TPSA) is 67.8 Å². The Morgan fingerprint density at radius 3 is 2.61 bits per heavy atom. The van der Waals surface area contributed by atoms with Crippen molar-refractivity contribution < 1.29 is 14.3 Å². The van der Waals surface area contributed by atoms with Crippen molar-refractivity contribution in [3.63, 3.8) is 0 Å². The molecule has 148 valence electrons. The highest BCUT2D eigenvalue weighted by atomic mass is 16.7. The molecule has 1 aromatic heterocycles. The number of aryl methyl sites for hydroxylation is 1. The lowest BCUT2D eigenvalue weighted by Crippen LogP contribution is -2.47. The number of amides is 1. The summed E-state index contributed by atoms with van der Waals surface area (Å²) >= 11 is 0. The first kappa shape index (κ1) is 18.8. The monoisotopic (exact) mass is 382 g/mol. The number of carbonyl (C=O) groups excluding carboxylic acids is 1. The van der Waals surface area contributed by atoms with Crippen molar-refractivity contribution >= 4 is 17.4 Å². The van der Waals surface area contributed by atoms with E-state index in [1.807, 2.05) is 17.0 Å². The molecule has 7 nitrogen and oxygen atoms in total. The Hall–Kier alpha value is -2.51. The Morgan fingerprint density at radius 1 is 1.18 bits per heavy atom. The van der Waals surface area contributed by atoms with E-state index in [1.54, 1.807) is 6.07 Å². The first-order valence-electron chi connectivity index (χ1n) is 9.84. The molecule has 2 aliphatic heterocycles. The van der Waals surface area contributed by atoms with Crippen LogP contribution >= 0.6 is 0 Å². The molecular weight excluding hydrogens is 356 g/mol. The first-order valence-corrected chi connectivity index (χ1v) is 9.84. The maximum absolute atomic E-state index is 13.0. The Balaban J connectivity index is 1.51. The third-order valence-electron chi connectivity index (χ3n) is 5.40. The lowest BCUT2D eigenvalue weighted by atomic mass is 10.0. The average molecular weight is 382 g/mol. The predicted octanol–water partition coefficient (Wildman–Crippen LogP) is 2.92. The molecule has 0 unspecified atom stereocenters. The van der Waals surface area contributed by atoms with Gasteiger partial charge in [0.25, 0.3) is 5.91 Å². The molecule has 0 atom stereocenters. The molecule has 28 heavy (non-hydrogen) atoms. The number of benzene rings is 1. The molecule has 4 rings (SSSR count). The van der Waals surface area contributed by atoms with E-state index in [9.17, 15) is 4.79 Å². The summed E-state index contributed by atoms with van der Waals surface area (Å²) < 4.78 is 11.5. The zero-order chi connectivity index (χ0) is 19.6. The lowest BCUT2D eigenvalue weighted by molar-refractivity contribution is -0.181. The molecular formula is C21H26N4O3. The number of rotatable bonds is 4. The highest BCUT2D eigenvalue weighted by molar-refractivity contribution is 5.93. The maximum Gasteiger partial charge on any atom is 0.272 e. The van der Waals surface area contributed by atoms with Crippen molar-refractivity contribution in [2.24, 2.45) is 0 Å². The van der Waals surface area contributed by atoms with Crippen molar-refractivity contribution in [1.29, 1.82) is 0 Å². The van der Waals surface area contributed by atoms with Gasteiger partial charge in [0, 0.05) is 44.2 Å². The number of hydrogen-bond acceptors (Lipinski definition) is 6. The molecule has 2 fully saturated rings. The highest BCUT2D eigenvalue weighted by Gasteiger charge is 2.41. The number of carbonyl (C=O) groups is 1. The van der Waals surface area contributed by atoms with Crippen molar-refractivity contribution in [3.05, 3.63) is 47.9 Å². The molecule has 7 heteroatoms. The number of anilines is 2. The van der Waals surface area contributed by atoms with E-state index in [-0.39, 0.29) is 5.91 Å². The number of aromatic nitrogens is 2. The molecule has 1 amide bonds. The van der Waals surface area contributed by atoms with E-state index >= 15 is 0 Å². The summed E-state index contributed by atoms with van der Waals surface area (Å²) in [6.07, 6.45) is 2.86. The van der Waals surface area contributed by atoms with Crippen molar-refractivity contribution in [3.8, 4) is 0 Å². The van der Waals surface area contributed by atoms with Crippen LogP contribution in [0.1, 0.15) is 35.8 Å². The lowest BCUT2D eigenvalue weighted by Gasteiger charge is -2.37. The summed E-state index contributed by atoms with van der Waals surface area (Å²) in [7, 11) is 0. The van der Waals surface area contributed by atoms with Crippen LogP contribution < -0.4 is 4.90 Å². The molecule has 1 spiro atoms. The normalized spacial score (nSPS) is 18.4. The Bertz CT molecular complexity index is 841. The summed E-state index contributed by atoms with van der Waals surface area (Å²) in [4.78, 5) is 25.5. The van der Waals surface area contributed by atoms with Crippen LogP contribution in [0.25, 0.3) is 0 Å². The third-order valence-corrected chi connectivity index (χ3v) is 5.40. The SMILES string of the molecule is CCN(c1cccc(C)c1)c1cc(C(=O)N2CCC3(CC2)OCCO3)ncn1. The third kappa shape index (κ3) is 3.72. The van der Waals surface area contributed by atoms with Gasteiger partial charge in [-0.25, -0.2) is 9.97 Å². The minimum atomic E-state index is -0.488. The number of likely N-dealkylation sites (tertiary alicyclic amines) is 1. The number of hydrogen-bond donors (Lipinski definition) is 0. The van der Waals surface area contributed by atoms with Crippen LogP contribution in [0.15, 0.2) is 36.7 Å². The van der Waals surface area contributed by atoms with Gasteiger partial charge < -0.3 is 19.3 Å². The second kappa shape index (κ2) is 7.85. The van der Waals surface area contributed by atoms with Crippen molar-refractivity contribution in [2.45, 2.75) is 32.5 Å². The minimum absolute atomic E-state index is 0.0724. The smallest absolute Gasteiger partial charge is 0.272 e. The molecule has 0 bridgehead atoms. The molecule has 0 aliphatic carbocycles. The molecule has 0 saturated carbocycles. The van der Waals surface area contributed by atoms with Crippen LogP contribution in [0.4, 0.5) is 11.5 Å². The van der Waals surface area contributed by atoms with Gasteiger partial charge in [-0.05, 0) is 31.5 Å². The fraction of sp³-hybridized carbons (Fsp3) is 0.476. The maximum atomic E-state index is 13.0. The first-order chi connectivity index (χ1) is 13.6. The molecule has 1 aromatic carbocycles. The number of piperidine rings is 1. The molecule has 2 saturated heterocycles. The van der Waals surface area contributed by atoms with Gasteiger partial charge in [-0.2, -0.15) is 0 Å². The van der Waals surface area contributed by atoms with Gasteiger partial charge in [0.2, 0.25) is 0 Å². The summed E-state index contributed by atoms with van der Waals surface area (Å²) in [5.41, 5.74) is 2.65. The van der Waals surface area contributed by atoms with Crippen LogP contribution in [0, 0.1) is 6.92 Å². The summed E-state index contributed by atoms with van der Waals surface area (Å²) in [6.45, 7) is 7.35. The zero-order valence-electron chi connectivity index (χ0n) is 16.4. The zero-order valence-corrected chi connectivity index (χ0v) is 16.4. The van der Waals surface area contributed by atoms with Gasteiger partial charge >= 0.3 is 0 Å². The fourth-order valence-corrected chi connectivity index (χ4v) is 3.88. The van der Waals surface area contributed by atoms with Crippen LogP contribution in [-0.4, -0.2) is 59.4 Å².